The zero-order chi connectivity index (χ0) is 25.8. The molecule has 0 saturated heterocycles. The lowest BCUT2D eigenvalue weighted by molar-refractivity contribution is 0.0397. The molecule has 0 spiro atoms. The van der Waals surface area contributed by atoms with Gasteiger partial charge in [-0.2, -0.15) is 0 Å². The molecule has 0 atom stereocenters. The summed E-state index contributed by atoms with van der Waals surface area (Å²) in [6, 6.07) is 8.84. The molecule has 0 unspecified atom stereocenters. The van der Waals surface area contributed by atoms with Crippen molar-refractivity contribution in [2.24, 2.45) is 0 Å². The monoisotopic (exact) mass is 480 g/mol. The van der Waals surface area contributed by atoms with Crippen LogP contribution < -0.4 is 5.32 Å². The van der Waals surface area contributed by atoms with Crippen LogP contribution in [0.15, 0.2) is 78.5 Å². The molecule has 10 nitrogen and oxygen atoms in total. The van der Waals surface area contributed by atoms with Gasteiger partial charge in [0.15, 0.2) is 17.3 Å². The number of nitrogens with one attached hydrogen (secondary N) is 1. The van der Waals surface area contributed by atoms with Crippen molar-refractivity contribution in [1.82, 2.24) is 10.2 Å². The Morgan fingerprint density at radius 2 is 1.57 bits per heavy atom. The second-order valence-electron chi connectivity index (χ2n) is 8.40. The van der Waals surface area contributed by atoms with Gasteiger partial charge in [-0.05, 0) is 75.4 Å². The Morgan fingerprint density at radius 1 is 0.914 bits per heavy atom. The highest BCUT2D eigenvalue weighted by Crippen LogP contribution is 2.26. The summed E-state index contributed by atoms with van der Waals surface area (Å²) < 4.78 is 10.8. The van der Waals surface area contributed by atoms with Crippen LogP contribution in [0.3, 0.4) is 0 Å². The summed E-state index contributed by atoms with van der Waals surface area (Å²) >= 11 is 0. The van der Waals surface area contributed by atoms with Crippen molar-refractivity contribution in [3.8, 4) is 17.2 Å². The number of esters is 1. The van der Waals surface area contributed by atoms with E-state index in [0.29, 0.717) is 0 Å². The van der Waals surface area contributed by atoms with E-state index in [9.17, 15) is 29.7 Å². The van der Waals surface area contributed by atoms with Gasteiger partial charge in [-0.25, -0.2) is 9.59 Å². The molecule has 182 valence electrons. The molecule has 1 aliphatic rings. The van der Waals surface area contributed by atoms with Crippen LogP contribution in [0.1, 0.15) is 41.5 Å². The number of rotatable bonds is 4. The number of carbonyl (C=O) groups is 3. The van der Waals surface area contributed by atoms with Crippen molar-refractivity contribution < 1.29 is 39.2 Å². The maximum absolute atomic E-state index is 12.8. The Morgan fingerprint density at radius 3 is 2.20 bits per heavy atom. The molecular formula is C25H24N2O8. The van der Waals surface area contributed by atoms with E-state index in [0.717, 1.165) is 17.0 Å². The molecule has 3 rings (SSSR count). The summed E-state index contributed by atoms with van der Waals surface area (Å²) in [5.74, 6) is -2.56. The van der Waals surface area contributed by atoms with E-state index in [1.54, 1.807) is 20.8 Å². The third-order valence-electron chi connectivity index (χ3n) is 4.42. The van der Waals surface area contributed by atoms with E-state index in [2.05, 4.69) is 5.32 Å². The lowest BCUT2D eigenvalue weighted by atomic mass is 10.2. The van der Waals surface area contributed by atoms with Gasteiger partial charge in [0.25, 0.3) is 5.91 Å². The normalized spacial score (nSPS) is 13.3. The van der Waals surface area contributed by atoms with Crippen molar-refractivity contribution in [2.45, 2.75) is 26.4 Å². The molecule has 0 bridgehead atoms. The first-order valence-corrected chi connectivity index (χ1v) is 10.4. The first-order chi connectivity index (χ1) is 16.4. The molecule has 35 heavy (non-hydrogen) atoms. The number of nitrogens with zero attached hydrogens (tertiary/aromatic N) is 1. The molecule has 0 fully saturated rings. The van der Waals surface area contributed by atoms with Crippen LogP contribution >= 0.6 is 0 Å². The minimum absolute atomic E-state index is 0.0257. The van der Waals surface area contributed by atoms with Crippen LogP contribution in [0, 0.1) is 0 Å². The average Bonchev–Trinajstić information content (AvgIpc) is 2.97. The summed E-state index contributed by atoms with van der Waals surface area (Å²) in [6.07, 6.45) is 4.61. The molecule has 1 aliphatic heterocycles. The summed E-state index contributed by atoms with van der Waals surface area (Å²) in [5.41, 5.74) is -0.707. The Labute approximate surface area is 201 Å². The first-order valence-electron chi connectivity index (χ1n) is 10.4. The van der Waals surface area contributed by atoms with Gasteiger partial charge in [-0.15, -0.1) is 0 Å². The second kappa shape index (κ2) is 10.0. The number of phenols is 3. The third kappa shape index (κ3) is 6.64. The van der Waals surface area contributed by atoms with Crippen LogP contribution in [0.5, 0.6) is 17.2 Å². The molecule has 1 heterocycles. The number of allylic oxidation sites excluding steroid dienone is 2. The van der Waals surface area contributed by atoms with Gasteiger partial charge in [-0.1, -0.05) is 0 Å². The highest BCUT2D eigenvalue weighted by molar-refractivity contribution is 5.96. The number of hydrogen-bond acceptors (Lipinski definition) is 8. The number of amides is 2. The molecule has 4 N–H and O–H groups in total. The Balaban J connectivity index is 1.91. The van der Waals surface area contributed by atoms with Gasteiger partial charge in [0.1, 0.15) is 17.0 Å². The van der Waals surface area contributed by atoms with Crippen molar-refractivity contribution in [3.63, 3.8) is 0 Å². The minimum Gasteiger partial charge on any atom is -0.508 e. The number of hydrogen-bond donors (Lipinski definition) is 4. The zero-order valence-electron chi connectivity index (χ0n) is 19.2. The maximum Gasteiger partial charge on any atom is 0.418 e. The van der Waals surface area contributed by atoms with Crippen molar-refractivity contribution in [2.75, 3.05) is 0 Å². The predicted molar refractivity (Wildman–Crippen MR) is 124 cm³/mol. The summed E-state index contributed by atoms with van der Waals surface area (Å²) in [5, 5.41) is 31.2. The van der Waals surface area contributed by atoms with E-state index in [4.69, 9.17) is 9.47 Å². The smallest absolute Gasteiger partial charge is 0.418 e. The van der Waals surface area contributed by atoms with Crippen molar-refractivity contribution in [1.29, 1.82) is 0 Å². The number of ether oxygens (including phenoxy) is 2. The molecule has 10 heteroatoms. The van der Waals surface area contributed by atoms with Gasteiger partial charge in [0, 0.05) is 18.0 Å². The first kappa shape index (κ1) is 24.9. The van der Waals surface area contributed by atoms with E-state index in [1.165, 1.54) is 54.9 Å². The number of phenolic OH excluding ortho intramolecular Hbond substituents is 3. The van der Waals surface area contributed by atoms with Gasteiger partial charge in [-0.3, -0.25) is 9.69 Å². The Bertz CT molecular complexity index is 1240. The SMILES string of the molecule is CC(C)(C)OC(=O)N1C=CC=C(OC(=O)c2ccc(O)c(O)c2)C(NC(=O)c2ccc(O)cc2)=C1. The summed E-state index contributed by atoms with van der Waals surface area (Å²) in [6.45, 7) is 5.09. The molecular weight excluding hydrogens is 456 g/mol. The van der Waals surface area contributed by atoms with E-state index < -0.39 is 35.1 Å². The molecule has 0 saturated carbocycles. The predicted octanol–water partition coefficient (Wildman–Crippen LogP) is 3.88. The third-order valence-corrected chi connectivity index (χ3v) is 4.42. The highest BCUT2D eigenvalue weighted by atomic mass is 16.6. The molecule has 0 aromatic heterocycles. The number of carbonyl (C=O) groups excluding carboxylic acids is 3. The molecule has 2 aromatic rings. The average molecular weight is 480 g/mol. The van der Waals surface area contributed by atoms with Crippen molar-refractivity contribution >= 4 is 18.0 Å². The van der Waals surface area contributed by atoms with E-state index in [-0.39, 0.29) is 28.3 Å². The lowest BCUT2D eigenvalue weighted by Crippen LogP contribution is -2.32. The van der Waals surface area contributed by atoms with Gasteiger partial charge in [0.05, 0.1) is 5.56 Å². The van der Waals surface area contributed by atoms with E-state index >= 15 is 0 Å². The highest BCUT2D eigenvalue weighted by Gasteiger charge is 2.24. The van der Waals surface area contributed by atoms with Gasteiger partial charge in [0.2, 0.25) is 0 Å². The van der Waals surface area contributed by atoms with Gasteiger partial charge >= 0.3 is 12.1 Å². The van der Waals surface area contributed by atoms with Crippen LogP contribution in [-0.2, 0) is 9.47 Å². The fourth-order valence-electron chi connectivity index (χ4n) is 2.79. The standard InChI is InChI=1S/C25H24N2O8/c1-25(2,3)35-24(33)27-12-4-5-21(34-23(32)16-8-11-19(29)20(30)13-16)18(14-27)26-22(31)15-6-9-17(28)10-7-15/h4-14,28-30H,1-3H3,(H,26,31). The molecule has 0 radical (unpaired) electrons. The van der Waals surface area contributed by atoms with Crippen LogP contribution in [0.2, 0.25) is 0 Å². The maximum atomic E-state index is 12.8. The molecule has 2 amide bonds. The lowest BCUT2D eigenvalue weighted by Gasteiger charge is -2.23. The van der Waals surface area contributed by atoms with Crippen LogP contribution in [0.4, 0.5) is 4.79 Å². The van der Waals surface area contributed by atoms with Crippen molar-refractivity contribution in [3.05, 3.63) is 89.6 Å². The summed E-state index contributed by atoms with van der Waals surface area (Å²) in [7, 11) is 0. The molecule has 2 aromatic carbocycles. The Hall–Kier alpha value is -4.73. The minimum atomic E-state index is -0.893. The van der Waals surface area contributed by atoms with Gasteiger partial charge < -0.3 is 30.1 Å². The van der Waals surface area contributed by atoms with Crippen LogP contribution in [-0.4, -0.2) is 43.8 Å². The fourth-order valence-corrected chi connectivity index (χ4v) is 2.79. The summed E-state index contributed by atoms with van der Waals surface area (Å²) in [4.78, 5) is 39.2. The topological polar surface area (TPSA) is 146 Å². The number of benzene rings is 2. The largest absolute Gasteiger partial charge is 0.508 e. The Kier molecular flexibility index (Phi) is 7.14. The molecule has 0 aliphatic carbocycles. The number of aromatic hydroxyl groups is 3. The van der Waals surface area contributed by atoms with E-state index in [1.807, 2.05) is 0 Å². The second-order valence-corrected chi connectivity index (χ2v) is 8.40. The van der Waals surface area contributed by atoms with Crippen LogP contribution in [0.25, 0.3) is 0 Å². The fraction of sp³-hybridized carbons (Fsp3) is 0.160. The zero-order valence-corrected chi connectivity index (χ0v) is 19.2. The quantitative estimate of drug-likeness (QED) is 0.381.